The van der Waals surface area contributed by atoms with Crippen molar-refractivity contribution in [3.8, 4) is 11.5 Å². The van der Waals surface area contributed by atoms with Crippen LogP contribution in [0, 0.1) is 0 Å². The maximum Gasteiger partial charge on any atom is 0.231 e. The Morgan fingerprint density at radius 2 is 1.75 bits per heavy atom. The van der Waals surface area contributed by atoms with E-state index in [2.05, 4.69) is 22.4 Å². The van der Waals surface area contributed by atoms with Crippen molar-refractivity contribution < 1.29 is 14.3 Å². The quantitative estimate of drug-likeness (QED) is 0.685. The van der Waals surface area contributed by atoms with E-state index in [1.807, 2.05) is 48.5 Å². The Morgan fingerprint density at radius 1 is 0.964 bits per heavy atom. The van der Waals surface area contributed by atoms with Crippen LogP contribution in [0.15, 0.2) is 73.1 Å². The van der Waals surface area contributed by atoms with Crippen molar-refractivity contribution in [3.63, 3.8) is 0 Å². The Kier molecular flexibility index (Phi) is 5.52. The third-order valence-corrected chi connectivity index (χ3v) is 4.88. The molecule has 4 rings (SSSR count). The number of nitrogens with one attached hydrogen (secondary N) is 1. The predicted octanol–water partition coefficient (Wildman–Crippen LogP) is 3.69. The van der Waals surface area contributed by atoms with Gasteiger partial charge < -0.3 is 14.8 Å². The molecule has 0 spiro atoms. The van der Waals surface area contributed by atoms with Gasteiger partial charge in [-0.3, -0.25) is 9.78 Å². The fraction of sp³-hybridized carbons (Fsp3) is 0.217. The summed E-state index contributed by atoms with van der Waals surface area (Å²) in [5.41, 5.74) is 3.30. The number of nitrogens with zero attached hydrogens (tertiary/aromatic N) is 1. The zero-order valence-electron chi connectivity index (χ0n) is 15.5. The number of aromatic nitrogens is 1. The van der Waals surface area contributed by atoms with Gasteiger partial charge in [-0.05, 0) is 47.4 Å². The van der Waals surface area contributed by atoms with Gasteiger partial charge in [0.1, 0.15) is 0 Å². The second kappa shape index (κ2) is 8.57. The van der Waals surface area contributed by atoms with E-state index < -0.39 is 0 Å². The van der Waals surface area contributed by atoms with Crippen LogP contribution >= 0.6 is 0 Å². The Labute approximate surface area is 164 Å². The number of amides is 1. The van der Waals surface area contributed by atoms with Crippen LogP contribution < -0.4 is 14.8 Å². The molecule has 0 aliphatic carbocycles. The summed E-state index contributed by atoms with van der Waals surface area (Å²) < 4.78 is 10.9. The number of hydrogen-bond acceptors (Lipinski definition) is 4. The molecule has 3 aromatic rings. The van der Waals surface area contributed by atoms with Crippen molar-refractivity contribution in [2.75, 3.05) is 13.3 Å². The Hall–Kier alpha value is -3.34. The monoisotopic (exact) mass is 374 g/mol. The summed E-state index contributed by atoms with van der Waals surface area (Å²) in [6.07, 6.45) is 4.69. The molecule has 1 aliphatic rings. The molecule has 1 amide bonds. The van der Waals surface area contributed by atoms with Crippen molar-refractivity contribution in [2.45, 2.75) is 18.8 Å². The molecular weight excluding hydrogens is 352 g/mol. The summed E-state index contributed by atoms with van der Waals surface area (Å²) in [6.45, 7) is 0.843. The molecule has 1 aliphatic heterocycles. The van der Waals surface area contributed by atoms with Crippen LogP contribution in [0.3, 0.4) is 0 Å². The maximum atomic E-state index is 12.6. The second-order valence-corrected chi connectivity index (χ2v) is 6.74. The molecule has 0 saturated carbocycles. The minimum atomic E-state index is -0.0448. The first kappa shape index (κ1) is 18.0. The van der Waals surface area contributed by atoms with Crippen molar-refractivity contribution in [3.05, 3.63) is 89.7 Å². The normalized spacial score (nSPS) is 13.1. The Bertz CT molecular complexity index is 929. The summed E-state index contributed by atoms with van der Waals surface area (Å²) in [5.74, 6) is 1.46. The molecule has 2 heterocycles. The molecule has 0 unspecified atom stereocenters. The first-order valence-electron chi connectivity index (χ1n) is 9.40. The van der Waals surface area contributed by atoms with E-state index in [-0.39, 0.29) is 18.6 Å². The lowest BCUT2D eigenvalue weighted by atomic mass is 9.88. The maximum absolute atomic E-state index is 12.6. The van der Waals surface area contributed by atoms with Crippen LogP contribution in [0.5, 0.6) is 11.5 Å². The van der Waals surface area contributed by atoms with Gasteiger partial charge in [-0.1, -0.05) is 36.4 Å². The smallest absolute Gasteiger partial charge is 0.231 e. The SMILES string of the molecule is O=C(C[C@@H](c1ccccc1)c1ccc2c(c1)OCO2)NCCc1ccncc1. The standard InChI is InChI=1S/C23H22N2O3/c26-23(25-13-10-17-8-11-24-12-9-17)15-20(18-4-2-1-3-5-18)19-6-7-21-22(14-19)28-16-27-21/h1-9,11-12,14,20H,10,13,15-16H2,(H,25,26)/t20-/m0/s1. The summed E-state index contributed by atoms with van der Waals surface area (Å²) >= 11 is 0. The zero-order chi connectivity index (χ0) is 19.2. The van der Waals surface area contributed by atoms with E-state index >= 15 is 0 Å². The molecule has 1 atom stereocenters. The molecule has 28 heavy (non-hydrogen) atoms. The van der Waals surface area contributed by atoms with E-state index in [0.29, 0.717) is 13.0 Å². The van der Waals surface area contributed by atoms with Gasteiger partial charge in [-0.25, -0.2) is 0 Å². The van der Waals surface area contributed by atoms with Gasteiger partial charge in [0.15, 0.2) is 11.5 Å². The highest BCUT2D eigenvalue weighted by Crippen LogP contribution is 2.37. The van der Waals surface area contributed by atoms with Crippen LogP contribution in [0.4, 0.5) is 0 Å². The molecule has 1 aromatic heterocycles. The molecule has 5 heteroatoms. The fourth-order valence-electron chi connectivity index (χ4n) is 3.40. The average molecular weight is 374 g/mol. The molecule has 0 radical (unpaired) electrons. The lowest BCUT2D eigenvalue weighted by Crippen LogP contribution is -2.27. The summed E-state index contributed by atoms with van der Waals surface area (Å²) in [4.78, 5) is 16.7. The molecule has 2 aromatic carbocycles. The molecule has 142 valence electrons. The average Bonchev–Trinajstić information content (AvgIpc) is 3.21. The summed E-state index contributed by atoms with van der Waals surface area (Å²) in [5, 5.41) is 3.04. The number of benzene rings is 2. The third kappa shape index (κ3) is 4.31. The molecule has 5 nitrogen and oxygen atoms in total. The first-order valence-corrected chi connectivity index (χ1v) is 9.40. The van der Waals surface area contributed by atoms with Crippen molar-refractivity contribution in [1.82, 2.24) is 10.3 Å². The lowest BCUT2D eigenvalue weighted by molar-refractivity contribution is -0.121. The number of rotatable bonds is 7. The molecule has 0 fully saturated rings. The van der Waals surface area contributed by atoms with Crippen LogP contribution in [0.1, 0.15) is 29.0 Å². The van der Waals surface area contributed by atoms with E-state index in [9.17, 15) is 4.79 Å². The number of pyridine rings is 1. The van der Waals surface area contributed by atoms with Gasteiger partial charge in [0, 0.05) is 31.3 Å². The van der Waals surface area contributed by atoms with E-state index in [1.165, 1.54) is 0 Å². The van der Waals surface area contributed by atoms with Crippen LogP contribution in [-0.4, -0.2) is 24.2 Å². The number of hydrogen-bond donors (Lipinski definition) is 1. The molecule has 0 saturated heterocycles. The van der Waals surface area contributed by atoms with Crippen LogP contribution in [0.2, 0.25) is 0 Å². The highest BCUT2D eigenvalue weighted by atomic mass is 16.7. The van der Waals surface area contributed by atoms with Crippen molar-refractivity contribution in [2.24, 2.45) is 0 Å². The minimum Gasteiger partial charge on any atom is -0.454 e. The number of ether oxygens (including phenoxy) is 2. The molecular formula is C23H22N2O3. The van der Waals surface area contributed by atoms with Crippen molar-refractivity contribution >= 4 is 5.91 Å². The van der Waals surface area contributed by atoms with Crippen LogP contribution in [0.25, 0.3) is 0 Å². The Balaban J connectivity index is 1.46. The van der Waals surface area contributed by atoms with Crippen LogP contribution in [-0.2, 0) is 11.2 Å². The highest BCUT2D eigenvalue weighted by Gasteiger charge is 2.21. The van der Waals surface area contributed by atoms with Gasteiger partial charge in [-0.15, -0.1) is 0 Å². The largest absolute Gasteiger partial charge is 0.454 e. The molecule has 0 bridgehead atoms. The summed E-state index contributed by atoms with van der Waals surface area (Å²) in [7, 11) is 0. The second-order valence-electron chi connectivity index (χ2n) is 6.74. The summed E-state index contributed by atoms with van der Waals surface area (Å²) in [6, 6.07) is 19.9. The number of carbonyl (C=O) groups excluding carboxylic acids is 1. The van der Waals surface area contributed by atoms with Gasteiger partial charge in [-0.2, -0.15) is 0 Å². The van der Waals surface area contributed by atoms with Gasteiger partial charge in [0.2, 0.25) is 12.7 Å². The van der Waals surface area contributed by atoms with Gasteiger partial charge >= 0.3 is 0 Å². The Morgan fingerprint density at radius 3 is 2.57 bits per heavy atom. The van der Waals surface area contributed by atoms with Gasteiger partial charge in [0.05, 0.1) is 0 Å². The number of fused-ring (bicyclic) bond motifs is 1. The lowest BCUT2D eigenvalue weighted by Gasteiger charge is -2.18. The predicted molar refractivity (Wildman–Crippen MR) is 106 cm³/mol. The topological polar surface area (TPSA) is 60.5 Å². The highest BCUT2D eigenvalue weighted by molar-refractivity contribution is 5.77. The van der Waals surface area contributed by atoms with Crippen molar-refractivity contribution in [1.29, 1.82) is 0 Å². The van der Waals surface area contributed by atoms with E-state index in [0.717, 1.165) is 34.6 Å². The molecule has 1 N–H and O–H groups in total. The zero-order valence-corrected chi connectivity index (χ0v) is 15.5. The van der Waals surface area contributed by atoms with Gasteiger partial charge in [0.25, 0.3) is 0 Å². The first-order chi connectivity index (χ1) is 13.8. The van der Waals surface area contributed by atoms with E-state index in [4.69, 9.17) is 9.47 Å². The third-order valence-electron chi connectivity index (χ3n) is 4.88. The fourth-order valence-corrected chi connectivity index (χ4v) is 3.40. The minimum absolute atomic E-state index is 0.0283. The number of carbonyl (C=O) groups is 1. The van der Waals surface area contributed by atoms with E-state index in [1.54, 1.807) is 12.4 Å².